The van der Waals surface area contributed by atoms with Gasteiger partial charge in [-0.3, -0.25) is 10.6 Å². The number of nitrogens with two attached hydrogens (primary N) is 1. The molecule has 0 spiro atoms. The van der Waals surface area contributed by atoms with Crippen LogP contribution in [0, 0.1) is 0 Å². The number of nitrogens with zero attached hydrogens (tertiary/aromatic N) is 1. The molecule has 0 unspecified atom stereocenters. The average molecular weight is 224 g/mol. The van der Waals surface area contributed by atoms with Crippen molar-refractivity contribution in [1.29, 1.82) is 0 Å². The predicted octanol–water partition coefficient (Wildman–Crippen LogP) is -0.104. The second-order valence-electron chi connectivity index (χ2n) is 3.38. The van der Waals surface area contributed by atoms with Gasteiger partial charge in [-0.2, -0.15) is 0 Å². The molecule has 0 amide bonds. The third kappa shape index (κ3) is 3.30. The number of hydrogen-bond acceptors (Lipinski definition) is 5. The molecule has 0 saturated heterocycles. The van der Waals surface area contributed by atoms with Crippen LogP contribution in [0.4, 0.5) is 0 Å². The lowest BCUT2D eigenvalue weighted by Gasteiger charge is -2.23. The van der Waals surface area contributed by atoms with Crippen molar-refractivity contribution in [2.24, 2.45) is 5.84 Å². The van der Waals surface area contributed by atoms with E-state index in [1.54, 1.807) is 0 Å². The van der Waals surface area contributed by atoms with E-state index in [1.165, 1.54) is 7.11 Å². The van der Waals surface area contributed by atoms with Crippen molar-refractivity contribution in [2.75, 3.05) is 13.8 Å². The molecule has 5 heteroatoms. The Hall–Kier alpha value is -1.43. The summed E-state index contributed by atoms with van der Waals surface area (Å²) in [6, 6.07) is 8.76. The fourth-order valence-corrected chi connectivity index (χ4v) is 1.41. The molecule has 5 nitrogen and oxygen atoms in total. The Bertz CT molecular complexity index is 329. The monoisotopic (exact) mass is 224 g/mol. The standard InChI is InChI=1S/C11H16N2O3/c1-16-11(15)10(13(12)8-14)7-9-5-3-2-4-6-9/h2-6,10,14H,7-8,12H2,1H3/t10-/m0/s1. The van der Waals surface area contributed by atoms with E-state index in [2.05, 4.69) is 4.74 Å². The van der Waals surface area contributed by atoms with E-state index in [-0.39, 0.29) is 0 Å². The SMILES string of the molecule is COC(=O)[C@H](Cc1ccccc1)N(N)CO. The van der Waals surface area contributed by atoms with Crippen molar-refractivity contribution < 1.29 is 14.6 Å². The smallest absolute Gasteiger partial charge is 0.324 e. The number of benzene rings is 1. The molecule has 0 aliphatic heterocycles. The Balaban J connectivity index is 2.75. The van der Waals surface area contributed by atoms with Gasteiger partial charge in [-0.25, -0.2) is 5.01 Å². The summed E-state index contributed by atoms with van der Waals surface area (Å²) in [7, 11) is 1.30. The van der Waals surface area contributed by atoms with E-state index in [1.807, 2.05) is 30.3 Å². The third-order valence-electron chi connectivity index (χ3n) is 2.31. The maximum atomic E-state index is 11.5. The van der Waals surface area contributed by atoms with E-state index in [0.29, 0.717) is 6.42 Å². The molecule has 88 valence electrons. The molecule has 0 radical (unpaired) electrons. The molecule has 1 rings (SSSR count). The Morgan fingerprint density at radius 1 is 1.50 bits per heavy atom. The molecule has 0 saturated carbocycles. The highest BCUT2D eigenvalue weighted by molar-refractivity contribution is 5.75. The van der Waals surface area contributed by atoms with Crippen LogP contribution in [0.1, 0.15) is 5.56 Å². The zero-order valence-corrected chi connectivity index (χ0v) is 9.17. The molecule has 0 fully saturated rings. The minimum atomic E-state index is -0.669. The highest BCUT2D eigenvalue weighted by Crippen LogP contribution is 2.07. The Labute approximate surface area is 94.4 Å². The molecule has 0 heterocycles. The topological polar surface area (TPSA) is 75.8 Å². The zero-order valence-electron chi connectivity index (χ0n) is 9.17. The first-order chi connectivity index (χ1) is 7.69. The summed E-state index contributed by atoms with van der Waals surface area (Å²) in [4.78, 5) is 11.5. The van der Waals surface area contributed by atoms with Crippen LogP contribution >= 0.6 is 0 Å². The van der Waals surface area contributed by atoms with E-state index < -0.39 is 18.7 Å². The number of rotatable bonds is 5. The summed E-state index contributed by atoms with van der Waals surface area (Å²) in [6.07, 6.45) is 0.407. The lowest BCUT2D eigenvalue weighted by Crippen LogP contribution is -2.48. The molecule has 3 N–H and O–H groups in total. The van der Waals surface area contributed by atoms with Gasteiger partial charge in [0.25, 0.3) is 0 Å². The Morgan fingerprint density at radius 3 is 2.62 bits per heavy atom. The quantitative estimate of drug-likeness (QED) is 0.316. The van der Waals surface area contributed by atoms with Gasteiger partial charge < -0.3 is 9.84 Å². The first-order valence-corrected chi connectivity index (χ1v) is 4.93. The summed E-state index contributed by atoms with van der Waals surface area (Å²) in [5.74, 6) is 5.07. The van der Waals surface area contributed by atoms with Crippen molar-refractivity contribution in [3.8, 4) is 0 Å². The highest BCUT2D eigenvalue weighted by Gasteiger charge is 2.24. The first-order valence-electron chi connectivity index (χ1n) is 4.93. The normalized spacial score (nSPS) is 12.5. The van der Waals surface area contributed by atoms with Gasteiger partial charge in [0.2, 0.25) is 0 Å². The fourth-order valence-electron chi connectivity index (χ4n) is 1.41. The van der Waals surface area contributed by atoms with Gasteiger partial charge >= 0.3 is 5.97 Å². The van der Waals surface area contributed by atoms with Crippen LogP contribution in [0.5, 0.6) is 0 Å². The fraction of sp³-hybridized carbons (Fsp3) is 0.364. The summed E-state index contributed by atoms with van der Waals surface area (Å²) in [5, 5.41) is 9.98. The van der Waals surface area contributed by atoms with E-state index >= 15 is 0 Å². The molecule has 0 bridgehead atoms. The molecule has 1 aromatic carbocycles. The van der Waals surface area contributed by atoms with Gasteiger partial charge in [-0.15, -0.1) is 0 Å². The lowest BCUT2D eigenvalue weighted by molar-refractivity contribution is -0.148. The lowest BCUT2D eigenvalue weighted by atomic mass is 10.1. The maximum Gasteiger partial charge on any atom is 0.324 e. The van der Waals surface area contributed by atoms with Crippen LogP contribution in [0.2, 0.25) is 0 Å². The minimum Gasteiger partial charge on any atom is -0.468 e. The van der Waals surface area contributed by atoms with Crippen LogP contribution in [-0.2, 0) is 16.0 Å². The van der Waals surface area contributed by atoms with E-state index in [4.69, 9.17) is 10.9 Å². The summed E-state index contributed by atoms with van der Waals surface area (Å²) in [5.41, 5.74) is 0.960. The zero-order chi connectivity index (χ0) is 12.0. The van der Waals surface area contributed by atoms with Crippen LogP contribution in [0.15, 0.2) is 30.3 Å². The number of esters is 1. The molecular weight excluding hydrogens is 208 g/mol. The second kappa shape index (κ2) is 6.22. The number of hydrazine groups is 1. The van der Waals surface area contributed by atoms with Crippen LogP contribution in [0.25, 0.3) is 0 Å². The number of aliphatic hydroxyl groups is 1. The van der Waals surface area contributed by atoms with Crippen molar-refractivity contribution in [3.63, 3.8) is 0 Å². The molecular formula is C11H16N2O3. The Morgan fingerprint density at radius 2 is 2.12 bits per heavy atom. The molecule has 1 atom stereocenters. The molecule has 0 aliphatic carbocycles. The summed E-state index contributed by atoms with van der Waals surface area (Å²) >= 11 is 0. The molecule has 0 aliphatic rings. The first kappa shape index (κ1) is 12.6. The predicted molar refractivity (Wildman–Crippen MR) is 59.1 cm³/mol. The maximum absolute atomic E-state index is 11.5. The third-order valence-corrected chi connectivity index (χ3v) is 2.31. The van der Waals surface area contributed by atoms with Crippen molar-refractivity contribution in [2.45, 2.75) is 12.5 Å². The number of carbonyl (C=O) groups is 1. The van der Waals surface area contributed by atoms with Gasteiger partial charge in [0.1, 0.15) is 12.8 Å². The number of methoxy groups -OCH3 is 1. The number of carbonyl (C=O) groups excluding carboxylic acids is 1. The second-order valence-corrected chi connectivity index (χ2v) is 3.38. The van der Waals surface area contributed by atoms with Crippen LogP contribution < -0.4 is 5.84 Å². The number of hydrogen-bond donors (Lipinski definition) is 2. The van der Waals surface area contributed by atoms with E-state index in [9.17, 15) is 4.79 Å². The van der Waals surface area contributed by atoms with E-state index in [0.717, 1.165) is 10.6 Å². The van der Waals surface area contributed by atoms with Gasteiger partial charge in [-0.05, 0) is 5.56 Å². The van der Waals surface area contributed by atoms with Gasteiger partial charge in [0.05, 0.1) is 7.11 Å². The minimum absolute atomic E-state index is 0.396. The largest absolute Gasteiger partial charge is 0.468 e. The van der Waals surface area contributed by atoms with Crippen molar-refractivity contribution in [3.05, 3.63) is 35.9 Å². The number of ether oxygens (including phenoxy) is 1. The average Bonchev–Trinajstić information content (AvgIpc) is 2.35. The highest BCUT2D eigenvalue weighted by atomic mass is 16.5. The summed E-state index contributed by atoms with van der Waals surface area (Å²) in [6.45, 7) is -0.396. The van der Waals surface area contributed by atoms with Gasteiger partial charge in [0, 0.05) is 6.42 Å². The van der Waals surface area contributed by atoms with Crippen LogP contribution in [0.3, 0.4) is 0 Å². The molecule has 1 aromatic rings. The van der Waals surface area contributed by atoms with Crippen molar-refractivity contribution in [1.82, 2.24) is 5.01 Å². The van der Waals surface area contributed by atoms with Crippen LogP contribution in [-0.4, -0.2) is 36.0 Å². The van der Waals surface area contributed by atoms with Gasteiger partial charge in [0.15, 0.2) is 0 Å². The Kier molecular flexibility index (Phi) is 4.91. The molecule has 16 heavy (non-hydrogen) atoms. The van der Waals surface area contributed by atoms with Crippen molar-refractivity contribution >= 4 is 5.97 Å². The molecule has 0 aromatic heterocycles. The van der Waals surface area contributed by atoms with Gasteiger partial charge in [-0.1, -0.05) is 30.3 Å². The summed E-state index contributed by atoms with van der Waals surface area (Å²) < 4.78 is 4.64. The number of aliphatic hydroxyl groups excluding tert-OH is 1.